The molecule has 0 spiro atoms. The van der Waals surface area contributed by atoms with E-state index < -0.39 is 0 Å². The average Bonchev–Trinajstić information content (AvgIpc) is 3.00. The predicted molar refractivity (Wildman–Crippen MR) is 162 cm³/mol. The lowest BCUT2D eigenvalue weighted by Gasteiger charge is -2.27. The molecule has 6 aromatic rings. The van der Waals surface area contributed by atoms with Gasteiger partial charge >= 0.3 is 0 Å². The largest absolute Gasteiger partial charge is 0.356 e. The highest BCUT2D eigenvalue weighted by atomic mass is 15.1. The SMILES string of the molecule is c1ccc(Nc2ccc(N(c3cccc(-c4ccccc4)c3)c3cccc(-c4ccccc4)c3)cc2)cc1. The summed E-state index contributed by atoms with van der Waals surface area (Å²) in [4.78, 5) is 2.32. The molecule has 182 valence electrons. The average molecular weight is 489 g/mol. The smallest absolute Gasteiger partial charge is 0.0467 e. The summed E-state index contributed by atoms with van der Waals surface area (Å²) in [6.07, 6.45) is 0. The van der Waals surface area contributed by atoms with Crippen molar-refractivity contribution in [3.63, 3.8) is 0 Å². The van der Waals surface area contributed by atoms with Crippen molar-refractivity contribution in [1.82, 2.24) is 0 Å². The molecule has 0 radical (unpaired) electrons. The van der Waals surface area contributed by atoms with Gasteiger partial charge in [0, 0.05) is 28.4 Å². The summed E-state index contributed by atoms with van der Waals surface area (Å²) in [7, 11) is 0. The third-order valence-electron chi connectivity index (χ3n) is 6.61. The maximum Gasteiger partial charge on any atom is 0.0467 e. The van der Waals surface area contributed by atoms with Crippen LogP contribution in [0.1, 0.15) is 0 Å². The summed E-state index contributed by atoms with van der Waals surface area (Å²) in [6.45, 7) is 0. The molecule has 0 bridgehead atoms. The summed E-state index contributed by atoms with van der Waals surface area (Å²) < 4.78 is 0. The van der Waals surface area contributed by atoms with Crippen molar-refractivity contribution in [1.29, 1.82) is 0 Å². The van der Waals surface area contributed by atoms with Gasteiger partial charge in [0.25, 0.3) is 0 Å². The van der Waals surface area contributed by atoms with Gasteiger partial charge in [-0.15, -0.1) is 0 Å². The zero-order valence-electron chi connectivity index (χ0n) is 21.0. The minimum absolute atomic E-state index is 1.05. The minimum Gasteiger partial charge on any atom is -0.356 e. The summed E-state index contributed by atoms with van der Waals surface area (Å²) in [5.74, 6) is 0. The van der Waals surface area contributed by atoms with Gasteiger partial charge in [-0.05, 0) is 82.9 Å². The highest BCUT2D eigenvalue weighted by molar-refractivity contribution is 5.82. The molecular formula is C36H28N2. The molecule has 2 nitrogen and oxygen atoms in total. The van der Waals surface area contributed by atoms with E-state index in [4.69, 9.17) is 0 Å². The summed E-state index contributed by atoms with van der Waals surface area (Å²) in [6, 6.07) is 57.5. The van der Waals surface area contributed by atoms with Crippen molar-refractivity contribution in [2.24, 2.45) is 0 Å². The van der Waals surface area contributed by atoms with Gasteiger partial charge in [-0.2, -0.15) is 0 Å². The lowest BCUT2D eigenvalue weighted by molar-refractivity contribution is 1.28. The van der Waals surface area contributed by atoms with Gasteiger partial charge in [0.05, 0.1) is 0 Å². The van der Waals surface area contributed by atoms with Crippen LogP contribution in [0.2, 0.25) is 0 Å². The number of nitrogens with zero attached hydrogens (tertiary/aromatic N) is 1. The molecule has 0 saturated carbocycles. The van der Waals surface area contributed by atoms with Crippen LogP contribution < -0.4 is 10.2 Å². The first-order valence-electron chi connectivity index (χ1n) is 12.9. The Balaban J connectivity index is 1.42. The van der Waals surface area contributed by atoms with Crippen molar-refractivity contribution >= 4 is 28.4 Å². The number of para-hydroxylation sites is 1. The third-order valence-corrected chi connectivity index (χ3v) is 6.61. The van der Waals surface area contributed by atoms with Crippen LogP contribution in [0.4, 0.5) is 28.4 Å². The van der Waals surface area contributed by atoms with Gasteiger partial charge in [0.1, 0.15) is 0 Å². The Hall–Kier alpha value is -5.08. The number of hydrogen-bond donors (Lipinski definition) is 1. The highest BCUT2D eigenvalue weighted by Gasteiger charge is 2.14. The lowest BCUT2D eigenvalue weighted by atomic mass is 10.0. The van der Waals surface area contributed by atoms with Crippen molar-refractivity contribution in [2.75, 3.05) is 10.2 Å². The quantitative estimate of drug-likeness (QED) is 0.240. The molecular weight excluding hydrogens is 460 g/mol. The number of anilines is 5. The van der Waals surface area contributed by atoms with Crippen LogP contribution in [-0.2, 0) is 0 Å². The second kappa shape index (κ2) is 10.9. The Morgan fingerprint density at radius 3 is 1.24 bits per heavy atom. The normalized spacial score (nSPS) is 10.6. The molecule has 0 saturated heterocycles. The van der Waals surface area contributed by atoms with Crippen molar-refractivity contribution in [2.45, 2.75) is 0 Å². The Kier molecular flexibility index (Phi) is 6.69. The first-order chi connectivity index (χ1) is 18.8. The van der Waals surface area contributed by atoms with Crippen LogP contribution in [0.3, 0.4) is 0 Å². The van der Waals surface area contributed by atoms with Crippen LogP contribution >= 0.6 is 0 Å². The van der Waals surface area contributed by atoms with Crippen LogP contribution in [0.5, 0.6) is 0 Å². The number of nitrogens with one attached hydrogen (secondary N) is 1. The molecule has 38 heavy (non-hydrogen) atoms. The Labute approximate surface area is 224 Å². The molecule has 0 atom stereocenters. The minimum atomic E-state index is 1.05. The van der Waals surface area contributed by atoms with E-state index in [1.807, 2.05) is 18.2 Å². The van der Waals surface area contributed by atoms with Gasteiger partial charge in [0.15, 0.2) is 0 Å². The summed E-state index contributed by atoms with van der Waals surface area (Å²) >= 11 is 0. The molecule has 0 unspecified atom stereocenters. The predicted octanol–water partition coefficient (Wildman–Crippen LogP) is 10.2. The van der Waals surface area contributed by atoms with Crippen LogP contribution in [0, 0.1) is 0 Å². The van der Waals surface area contributed by atoms with E-state index in [2.05, 4.69) is 156 Å². The van der Waals surface area contributed by atoms with E-state index in [0.717, 1.165) is 28.4 Å². The molecule has 0 aliphatic rings. The lowest BCUT2D eigenvalue weighted by Crippen LogP contribution is -2.10. The van der Waals surface area contributed by atoms with Gasteiger partial charge in [0.2, 0.25) is 0 Å². The number of rotatable bonds is 7. The number of hydrogen-bond acceptors (Lipinski definition) is 2. The molecule has 6 aromatic carbocycles. The van der Waals surface area contributed by atoms with Crippen LogP contribution in [0.15, 0.2) is 164 Å². The van der Waals surface area contributed by atoms with Gasteiger partial charge in [-0.3, -0.25) is 0 Å². The van der Waals surface area contributed by atoms with Crippen molar-refractivity contribution in [3.8, 4) is 22.3 Å². The van der Waals surface area contributed by atoms with Gasteiger partial charge in [-0.25, -0.2) is 0 Å². The monoisotopic (exact) mass is 488 g/mol. The maximum absolute atomic E-state index is 3.49. The fraction of sp³-hybridized carbons (Fsp3) is 0. The number of benzene rings is 6. The van der Waals surface area contributed by atoms with E-state index in [9.17, 15) is 0 Å². The molecule has 0 aliphatic heterocycles. The molecule has 2 heteroatoms. The Bertz CT molecular complexity index is 1530. The fourth-order valence-corrected chi connectivity index (χ4v) is 4.74. The zero-order chi connectivity index (χ0) is 25.6. The topological polar surface area (TPSA) is 15.3 Å². The van der Waals surface area contributed by atoms with E-state index in [1.54, 1.807) is 0 Å². The van der Waals surface area contributed by atoms with Crippen molar-refractivity contribution in [3.05, 3.63) is 164 Å². The van der Waals surface area contributed by atoms with Crippen LogP contribution in [-0.4, -0.2) is 0 Å². The highest BCUT2D eigenvalue weighted by Crippen LogP contribution is 2.38. The molecule has 6 rings (SSSR count). The molecule has 0 fully saturated rings. The van der Waals surface area contributed by atoms with Crippen LogP contribution in [0.25, 0.3) is 22.3 Å². The Morgan fingerprint density at radius 1 is 0.316 bits per heavy atom. The van der Waals surface area contributed by atoms with Crippen molar-refractivity contribution < 1.29 is 0 Å². The standard InChI is InChI=1S/C36H28N2/c1-4-12-28(13-5-1)30-16-10-20-35(26-30)38(36-21-11-17-31(27-36)29-14-6-2-7-15-29)34-24-22-33(23-25-34)37-32-18-8-3-9-19-32/h1-27,37H. The summed E-state index contributed by atoms with van der Waals surface area (Å²) in [5.41, 5.74) is 10.2. The molecule has 0 heterocycles. The third kappa shape index (κ3) is 5.21. The first-order valence-corrected chi connectivity index (χ1v) is 12.9. The molecule has 1 N–H and O–H groups in total. The fourth-order valence-electron chi connectivity index (χ4n) is 4.74. The summed E-state index contributed by atoms with van der Waals surface area (Å²) in [5, 5.41) is 3.49. The first kappa shape index (κ1) is 23.3. The second-order valence-corrected chi connectivity index (χ2v) is 9.21. The van der Waals surface area contributed by atoms with E-state index in [-0.39, 0.29) is 0 Å². The molecule has 0 aromatic heterocycles. The Morgan fingerprint density at radius 2 is 0.737 bits per heavy atom. The van der Waals surface area contributed by atoms with E-state index in [0.29, 0.717) is 0 Å². The van der Waals surface area contributed by atoms with Gasteiger partial charge < -0.3 is 10.2 Å². The molecule has 0 amide bonds. The maximum atomic E-state index is 3.49. The second-order valence-electron chi connectivity index (χ2n) is 9.21. The van der Waals surface area contributed by atoms with Gasteiger partial charge in [-0.1, -0.05) is 103 Å². The zero-order valence-corrected chi connectivity index (χ0v) is 21.0. The molecule has 0 aliphatic carbocycles. The van der Waals surface area contributed by atoms with E-state index >= 15 is 0 Å². The van der Waals surface area contributed by atoms with E-state index in [1.165, 1.54) is 22.3 Å².